The number of hydrogen-bond acceptors (Lipinski definition) is 5. The summed E-state index contributed by atoms with van der Waals surface area (Å²) in [7, 11) is 0. The van der Waals surface area contributed by atoms with E-state index < -0.39 is 17.8 Å². The van der Waals surface area contributed by atoms with E-state index in [4.69, 9.17) is 28.0 Å². The van der Waals surface area contributed by atoms with Crippen LogP contribution in [0.3, 0.4) is 0 Å². The number of amides is 2. The van der Waals surface area contributed by atoms with Crippen molar-refractivity contribution in [1.82, 2.24) is 10.0 Å². The number of hydroxylamine groups is 2. The number of halogens is 2. The molecule has 0 N–H and O–H groups in total. The fraction of sp³-hybridized carbons (Fsp3) is 0. The van der Waals surface area contributed by atoms with Crippen molar-refractivity contribution >= 4 is 41.0 Å². The van der Waals surface area contributed by atoms with Crippen LogP contribution < -0.4 is 0 Å². The van der Waals surface area contributed by atoms with Crippen molar-refractivity contribution in [3.63, 3.8) is 0 Å². The van der Waals surface area contributed by atoms with Crippen molar-refractivity contribution in [2.75, 3.05) is 0 Å². The molecule has 2 aromatic rings. The van der Waals surface area contributed by atoms with E-state index in [0.29, 0.717) is 5.06 Å². The molecule has 1 aromatic heterocycles. The van der Waals surface area contributed by atoms with Crippen LogP contribution in [0.5, 0.6) is 0 Å². The lowest BCUT2D eigenvalue weighted by molar-refractivity contribution is -0.0588. The third-order valence-electron chi connectivity index (χ3n) is 2.93. The average molecular weight is 337 g/mol. The van der Waals surface area contributed by atoms with Crippen molar-refractivity contribution in [2.24, 2.45) is 0 Å². The van der Waals surface area contributed by atoms with Gasteiger partial charge in [0.15, 0.2) is 5.69 Å². The van der Waals surface area contributed by atoms with Crippen molar-refractivity contribution in [2.45, 2.75) is 0 Å². The highest BCUT2D eigenvalue weighted by Crippen LogP contribution is 2.24. The fourth-order valence-electron chi connectivity index (χ4n) is 1.94. The van der Waals surface area contributed by atoms with Gasteiger partial charge < -0.3 is 4.84 Å². The van der Waals surface area contributed by atoms with Crippen molar-refractivity contribution < 1.29 is 19.2 Å². The van der Waals surface area contributed by atoms with Crippen LogP contribution in [-0.4, -0.2) is 27.8 Å². The number of carbonyl (C=O) groups is 3. The number of aromatic nitrogens is 1. The first-order chi connectivity index (χ1) is 10.5. The zero-order chi connectivity index (χ0) is 15.9. The lowest BCUT2D eigenvalue weighted by atomic mass is 10.1. The number of fused-ring (bicyclic) bond motifs is 1. The van der Waals surface area contributed by atoms with Gasteiger partial charge in [-0.25, -0.2) is 9.78 Å². The monoisotopic (exact) mass is 336 g/mol. The van der Waals surface area contributed by atoms with Crippen LogP contribution in [0.25, 0.3) is 0 Å². The predicted octanol–water partition coefficient (Wildman–Crippen LogP) is 2.76. The van der Waals surface area contributed by atoms with Crippen LogP contribution in [0.4, 0.5) is 0 Å². The maximum Gasteiger partial charge on any atom is 0.383 e. The summed E-state index contributed by atoms with van der Waals surface area (Å²) >= 11 is 11.5. The Morgan fingerprint density at radius 3 is 2.23 bits per heavy atom. The molecule has 0 saturated heterocycles. The van der Waals surface area contributed by atoms with Gasteiger partial charge in [0.05, 0.1) is 21.2 Å². The van der Waals surface area contributed by atoms with Crippen molar-refractivity contribution in [3.05, 3.63) is 63.4 Å². The summed E-state index contributed by atoms with van der Waals surface area (Å²) in [5.74, 6) is -2.48. The van der Waals surface area contributed by atoms with Gasteiger partial charge in [0.2, 0.25) is 0 Å². The molecule has 0 radical (unpaired) electrons. The van der Waals surface area contributed by atoms with Gasteiger partial charge in [-0.3, -0.25) is 9.59 Å². The van der Waals surface area contributed by atoms with Gasteiger partial charge in [0.25, 0.3) is 11.8 Å². The molecule has 3 rings (SSSR count). The molecule has 0 atom stereocenters. The van der Waals surface area contributed by atoms with Gasteiger partial charge in [-0.2, -0.15) is 0 Å². The van der Waals surface area contributed by atoms with Crippen LogP contribution in [0.2, 0.25) is 10.0 Å². The molecule has 2 amide bonds. The molecule has 1 aliphatic heterocycles. The molecule has 0 bridgehead atoms. The zero-order valence-corrected chi connectivity index (χ0v) is 12.3. The predicted molar refractivity (Wildman–Crippen MR) is 76.6 cm³/mol. The molecule has 1 aliphatic rings. The quantitative estimate of drug-likeness (QED) is 0.788. The normalized spacial score (nSPS) is 13.3. The van der Waals surface area contributed by atoms with E-state index in [2.05, 4.69) is 4.98 Å². The van der Waals surface area contributed by atoms with Gasteiger partial charge >= 0.3 is 5.97 Å². The molecule has 110 valence electrons. The van der Waals surface area contributed by atoms with Crippen LogP contribution in [0.1, 0.15) is 31.2 Å². The zero-order valence-electron chi connectivity index (χ0n) is 10.7. The summed E-state index contributed by atoms with van der Waals surface area (Å²) < 4.78 is 0. The summed E-state index contributed by atoms with van der Waals surface area (Å²) in [6, 6.07) is 7.45. The first-order valence-electron chi connectivity index (χ1n) is 6.00. The van der Waals surface area contributed by atoms with Crippen LogP contribution in [-0.2, 0) is 4.84 Å². The second-order valence-corrected chi connectivity index (χ2v) is 5.16. The second-order valence-electron chi connectivity index (χ2n) is 4.31. The minimum absolute atomic E-state index is 0.0471. The number of nitrogens with zero attached hydrogens (tertiary/aromatic N) is 2. The third-order valence-corrected chi connectivity index (χ3v) is 3.43. The Hall–Kier alpha value is -2.44. The third kappa shape index (κ3) is 2.32. The standard InChI is InChI=1S/C14H6Cl2N2O4/c15-7-5-10(16)11(17-6-7)14(21)22-18-12(19)8-3-1-2-4-9(8)13(18)20/h1-6H. The summed E-state index contributed by atoms with van der Waals surface area (Å²) in [6.07, 6.45) is 1.20. The topological polar surface area (TPSA) is 76.6 Å². The molecule has 0 saturated carbocycles. The van der Waals surface area contributed by atoms with Gasteiger partial charge in [0.1, 0.15) is 0 Å². The Kier molecular flexibility index (Phi) is 3.56. The summed E-state index contributed by atoms with van der Waals surface area (Å²) in [5.41, 5.74) is 0.0774. The summed E-state index contributed by atoms with van der Waals surface area (Å²) in [4.78, 5) is 44.7. The van der Waals surface area contributed by atoms with Crippen LogP contribution in [0.15, 0.2) is 36.5 Å². The minimum Gasteiger partial charge on any atom is -0.322 e. The Morgan fingerprint density at radius 1 is 1.09 bits per heavy atom. The largest absolute Gasteiger partial charge is 0.383 e. The SMILES string of the molecule is O=C(ON1C(=O)c2ccccc2C1=O)c1ncc(Cl)cc1Cl. The number of carbonyl (C=O) groups excluding carboxylic acids is 3. The molecular formula is C14H6Cl2N2O4. The van der Waals surface area contributed by atoms with E-state index in [0.717, 1.165) is 0 Å². The lowest BCUT2D eigenvalue weighted by Gasteiger charge is -2.12. The number of pyridine rings is 1. The highest BCUT2D eigenvalue weighted by atomic mass is 35.5. The van der Waals surface area contributed by atoms with E-state index in [1.165, 1.54) is 24.4 Å². The number of rotatable bonds is 2. The molecule has 8 heteroatoms. The van der Waals surface area contributed by atoms with E-state index >= 15 is 0 Å². The number of benzene rings is 1. The van der Waals surface area contributed by atoms with Gasteiger partial charge in [-0.1, -0.05) is 40.4 Å². The summed E-state index contributed by atoms with van der Waals surface area (Å²) in [5, 5.41) is 0.580. The smallest absolute Gasteiger partial charge is 0.322 e. The Balaban J connectivity index is 1.87. The molecule has 0 unspecified atom stereocenters. The first kappa shape index (κ1) is 14.5. The average Bonchev–Trinajstić information content (AvgIpc) is 2.73. The molecule has 6 nitrogen and oxygen atoms in total. The van der Waals surface area contributed by atoms with Crippen molar-refractivity contribution in [1.29, 1.82) is 0 Å². The highest BCUT2D eigenvalue weighted by molar-refractivity contribution is 6.36. The van der Waals surface area contributed by atoms with E-state index in [1.54, 1.807) is 12.1 Å². The second kappa shape index (κ2) is 5.40. The Morgan fingerprint density at radius 2 is 1.68 bits per heavy atom. The molecule has 0 fully saturated rings. The number of imide groups is 1. The van der Waals surface area contributed by atoms with E-state index in [-0.39, 0.29) is 26.9 Å². The minimum atomic E-state index is -1.03. The molecule has 22 heavy (non-hydrogen) atoms. The van der Waals surface area contributed by atoms with Crippen LogP contribution >= 0.6 is 23.2 Å². The maximum absolute atomic E-state index is 12.1. The lowest BCUT2D eigenvalue weighted by Crippen LogP contribution is -2.33. The van der Waals surface area contributed by atoms with Gasteiger partial charge in [-0.05, 0) is 18.2 Å². The van der Waals surface area contributed by atoms with Crippen LogP contribution in [0, 0.1) is 0 Å². The fourth-order valence-corrected chi connectivity index (χ4v) is 2.40. The van der Waals surface area contributed by atoms with Gasteiger partial charge in [-0.15, -0.1) is 0 Å². The molecular weight excluding hydrogens is 331 g/mol. The molecule has 2 heterocycles. The molecule has 1 aromatic carbocycles. The van der Waals surface area contributed by atoms with E-state index in [1.807, 2.05) is 0 Å². The summed E-state index contributed by atoms with van der Waals surface area (Å²) in [6.45, 7) is 0. The van der Waals surface area contributed by atoms with Crippen molar-refractivity contribution in [3.8, 4) is 0 Å². The maximum atomic E-state index is 12.1. The Labute approximate surface area is 134 Å². The highest BCUT2D eigenvalue weighted by Gasteiger charge is 2.39. The molecule has 0 aliphatic carbocycles. The number of hydrogen-bond donors (Lipinski definition) is 0. The Bertz CT molecular complexity index is 787. The van der Waals surface area contributed by atoms with E-state index in [9.17, 15) is 14.4 Å². The first-order valence-corrected chi connectivity index (χ1v) is 6.76. The van der Waals surface area contributed by atoms with Gasteiger partial charge in [0, 0.05) is 6.20 Å². The molecule has 0 spiro atoms.